The minimum absolute atomic E-state index is 0.0806. The number of aliphatic imine (C=N–C) groups is 1. The molecule has 2 N–H and O–H groups in total. The molecule has 0 aromatic heterocycles. The van der Waals surface area contributed by atoms with E-state index in [0.717, 1.165) is 23.9 Å². The topological polar surface area (TPSA) is 54.9 Å². The first-order chi connectivity index (χ1) is 11.5. The van der Waals surface area contributed by atoms with Gasteiger partial charge in [-0.3, -0.25) is 4.99 Å². The molecule has 0 aliphatic heterocycles. The number of nitrogens with one attached hydrogen (secondary N) is 2. The lowest BCUT2D eigenvalue weighted by atomic mass is 9.86. The molecule has 136 valence electrons. The maximum absolute atomic E-state index is 6.06. The third-order valence-corrected chi connectivity index (χ3v) is 3.74. The lowest BCUT2D eigenvalue weighted by molar-refractivity contribution is 0.0733. The Morgan fingerprint density at radius 1 is 1.21 bits per heavy atom. The zero-order valence-corrected chi connectivity index (χ0v) is 15.9. The zero-order valence-electron chi connectivity index (χ0n) is 15.2. The monoisotopic (exact) mass is 355 g/mol. The maximum atomic E-state index is 6.06. The lowest BCUT2D eigenvalue weighted by Crippen LogP contribution is -2.43. The van der Waals surface area contributed by atoms with E-state index in [2.05, 4.69) is 35.5 Å². The first-order valence-corrected chi connectivity index (χ1v) is 8.60. The van der Waals surface area contributed by atoms with Crippen LogP contribution in [0.5, 0.6) is 0 Å². The lowest BCUT2D eigenvalue weighted by Gasteiger charge is -2.26. The van der Waals surface area contributed by atoms with Crippen molar-refractivity contribution >= 4 is 17.6 Å². The Labute approximate surface area is 150 Å². The van der Waals surface area contributed by atoms with Crippen molar-refractivity contribution in [2.24, 2.45) is 10.4 Å². The summed E-state index contributed by atoms with van der Waals surface area (Å²) in [5.41, 5.74) is 1.32. The van der Waals surface area contributed by atoms with E-state index < -0.39 is 0 Å². The van der Waals surface area contributed by atoms with Gasteiger partial charge in [0.1, 0.15) is 0 Å². The molecule has 0 saturated heterocycles. The minimum atomic E-state index is 0.0806. The van der Waals surface area contributed by atoms with Gasteiger partial charge in [0.15, 0.2) is 5.96 Å². The smallest absolute Gasteiger partial charge is 0.191 e. The van der Waals surface area contributed by atoms with Crippen LogP contribution in [0.3, 0.4) is 0 Å². The van der Waals surface area contributed by atoms with E-state index >= 15 is 0 Å². The summed E-state index contributed by atoms with van der Waals surface area (Å²) in [5, 5.41) is 7.40. The fourth-order valence-corrected chi connectivity index (χ4v) is 2.50. The molecule has 0 aliphatic rings. The van der Waals surface area contributed by atoms with Crippen LogP contribution < -0.4 is 10.6 Å². The minimum Gasteiger partial charge on any atom is -0.382 e. The molecule has 0 spiro atoms. The predicted molar refractivity (Wildman–Crippen MR) is 101 cm³/mol. The Bertz CT molecular complexity index is 507. The summed E-state index contributed by atoms with van der Waals surface area (Å²) < 4.78 is 10.4. The fraction of sp³-hybridized carbons (Fsp3) is 0.611. The van der Waals surface area contributed by atoms with Gasteiger partial charge in [-0.15, -0.1) is 0 Å². The Morgan fingerprint density at radius 3 is 2.67 bits per heavy atom. The highest BCUT2D eigenvalue weighted by atomic mass is 35.5. The van der Waals surface area contributed by atoms with Gasteiger partial charge in [0.2, 0.25) is 0 Å². The normalized spacial score (nSPS) is 12.3. The van der Waals surface area contributed by atoms with Gasteiger partial charge in [0, 0.05) is 32.3 Å². The summed E-state index contributed by atoms with van der Waals surface area (Å²) in [5.74, 6) is 0.782. The van der Waals surface area contributed by atoms with Crippen molar-refractivity contribution in [3.8, 4) is 0 Å². The summed E-state index contributed by atoms with van der Waals surface area (Å²) in [6, 6.07) is 8.02. The Kier molecular flexibility index (Phi) is 9.76. The summed E-state index contributed by atoms with van der Waals surface area (Å²) >= 11 is 6.06. The molecule has 0 amide bonds. The van der Waals surface area contributed by atoms with E-state index in [-0.39, 0.29) is 5.41 Å². The third kappa shape index (κ3) is 9.11. The van der Waals surface area contributed by atoms with Crippen molar-refractivity contribution in [3.05, 3.63) is 34.9 Å². The molecule has 1 aromatic carbocycles. The first kappa shape index (κ1) is 20.7. The van der Waals surface area contributed by atoms with E-state index in [4.69, 9.17) is 21.1 Å². The SMILES string of the molecule is CN=C(NCCOCCOC)NCC(C)(C)Cc1cccc(Cl)c1. The van der Waals surface area contributed by atoms with Gasteiger partial charge in [-0.25, -0.2) is 0 Å². The summed E-state index contributed by atoms with van der Waals surface area (Å²) in [6.07, 6.45) is 0.942. The molecule has 0 fully saturated rings. The van der Waals surface area contributed by atoms with E-state index in [9.17, 15) is 0 Å². The van der Waals surface area contributed by atoms with Gasteiger partial charge in [-0.05, 0) is 29.5 Å². The third-order valence-electron chi connectivity index (χ3n) is 3.50. The first-order valence-electron chi connectivity index (χ1n) is 8.22. The second kappa shape index (κ2) is 11.3. The van der Waals surface area contributed by atoms with E-state index in [1.54, 1.807) is 14.2 Å². The number of methoxy groups -OCH3 is 1. The number of rotatable bonds is 10. The van der Waals surface area contributed by atoms with Crippen molar-refractivity contribution in [1.29, 1.82) is 0 Å². The largest absolute Gasteiger partial charge is 0.382 e. The van der Waals surface area contributed by atoms with Crippen LogP contribution in [0, 0.1) is 5.41 Å². The molecule has 24 heavy (non-hydrogen) atoms. The van der Waals surface area contributed by atoms with Crippen LogP contribution in [-0.4, -0.2) is 53.0 Å². The van der Waals surface area contributed by atoms with Gasteiger partial charge in [-0.2, -0.15) is 0 Å². The number of ether oxygens (including phenoxy) is 2. The second-order valence-corrected chi connectivity index (χ2v) is 6.87. The number of halogens is 1. The van der Waals surface area contributed by atoms with Crippen molar-refractivity contribution in [3.63, 3.8) is 0 Å². The Balaban J connectivity index is 2.33. The molecule has 6 heteroatoms. The summed E-state index contributed by atoms with van der Waals surface area (Å²) in [4.78, 5) is 4.24. The molecule has 1 aromatic rings. The van der Waals surface area contributed by atoms with Crippen LogP contribution >= 0.6 is 11.6 Å². The van der Waals surface area contributed by atoms with Gasteiger partial charge < -0.3 is 20.1 Å². The van der Waals surface area contributed by atoms with Crippen LogP contribution in [0.4, 0.5) is 0 Å². The van der Waals surface area contributed by atoms with Gasteiger partial charge in [-0.1, -0.05) is 37.6 Å². The molecule has 0 aliphatic carbocycles. The quantitative estimate of drug-likeness (QED) is 0.385. The van der Waals surface area contributed by atoms with E-state index in [1.807, 2.05) is 18.2 Å². The number of nitrogens with zero attached hydrogens (tertiary/aromatic N) is 1. The molecule has 0 unspecified atom stereocenters. The number of hydrogen-bond acceptors (Lipinski definition) is 3. The molecule has 1 rings (SSSR count). The van der Waals surface area contributed by atoms with Crippen LogP contribution in [-0.2, 0) is 15.9 Å². The highest BCUT2D eigenvalue weighted by Crippen LogP contribution is 2.22. The van der Waals surface area contributed by atoms with Gasteiger partial charge >= 0.3 is 0 Å². The second-order valence-electron chi connectivity index (χ2n) is 6.43. The summed E-state index contributed by atoms with van der Waals surface area (Å²) in [7, 11) is 3.43. The number of benzene rings is 1. The average Bonchev–Trinajstić information content (AvgIpc) is 2.53. The average molecular weight is 356 g/mol. The van der Waals surface area contributed by atoms with Crippen LogP contribution in [0.2, 0.25) is 5.02 Å². The fourth-order valence-electron chi connectivity index (χ4n) is 2.29. The molecular weight excluding hydrogens is 326 g/mol. The molecule has 0 radical (unpaired) electrons. The van der Waals surface area contributed by atoms with Gasteiger partial charge in [0.25, 0.3) is 0 Å². The Hall–Kier alpha value is -1.30. The van der Waals surface area contributed by atoms with Crippen molar-refractivity contribution in [2.75, 3.05) is 47.1 Å². The zero-order chi connectivity index (χ0) is 17.8. The molecule has 0 saturated carbocycles. The van der Waals surface area contributed by atoms with Crippen LogP contribution in [0.1, 0.15) is 19.4 Å². The molecule has 0 atom stereocenters. The van der Waals surface area contributed by atoms with Crippen molar-refractivity contribution in [2.45, 2.75) is 20.3 Å². The predicted octanol–water partition coefficient (Wildman–Crippen LogP) is 2.74. The molecule has 0 heterocycles. The standard InChI is InChI=1S/C18H30ClN3O2/c1-18(2,13-15-6-5-7-16(19)12-15)14-22-17(20-3)21-8-9-24-11-10-23-4/h5-7,12H,8-11,13-14H2,1-4H3,(H2,20,21,22). The molecular formula is C18H30ClN3O2. The number of guanidine groups is 1. The summed E-state index contributed by atoms with van der Waals surface area (Å²) in [6.45, 7) is 7.81. The maximum Gasteiger partial charge on any atom is 0.191 e. The van der Waals surface area contributed by atoms with E-state index in [0.29, 0.717) is 26.4 Å². The van der Waals surface area contributed by atoms with Crippen molar-refractivity contribution in [1.82, 2.24) is 10.6 Å². The van der Waals surface area contributed by atoms with E-state index in [1.165, 1.54) is 5.56 Å². The number of hydrogen-bond donors (Lipinski definition) is 2. The van der Waals surface area contributed by atoms with Gasteiger partial charge in [0.05, 0.1) is 19.8 Å². The van der Waals surface area contributed by atoms with Crippen LogP contribution in [0.15, 0.2) is 29.3 Å². The molecule has 0 bridgehead atoms. The highest BCUT2D eigenvalue weighted by Gasteiger charge is 2.19. The van der Waals surface area contributed by atoms with Crippen LogP contribution in [0.25, 0.3) is 0 Å². The highest BCUT2D eigenvalue weighted by molar-refractivity contribution is 6.30. The Morgan fingerprint density at radius 2 is 2.00 bits per heavy atom. The van der Waals surface area contributed by atoms with Crippen molar-refractivity contribution < 1.29 is 9.47 Å². The molecule has 5 nitrogen and oxygen atoms in total.